The maximum absolute atomic E-state index is 12.3. The summed E-state index contributed by atoms with van der Waals surface area (Å²) in [5.41, 5.74) is 3.05. The SMILES string of the molecule is Cc1nc2n(n1)CC(NC(=O)Nc1ccc(-c3ccccc3)cc1)CC2. The van der Waals surface area contributed by atoms with Crippen molar-refractivity contribution >= 4 is 11.7 Å². The first-order valence-corrected chi connectivity index (χ1v) is 8.81. The lowest BCUT2D eigenvalue weighted by Crippen LogP contribution is -2.43. The van der Waals surface area contributed by atoms with Crippen LogP contribution in [0.3, 0.4) is 0 Å². The maximum Gasteiger partial charge on any atom is 0.319 e. The van der Waals surface area contributed by atoms with E-state index in [1.165, 1.54) is 0 Å². The van der Waals surface area contributed by atoms with Gasteiger partial charge in [0.15, 0.2) is 0 Å². The number of hydrogen-bond acceptors (Lipinski definition) is 3. The number of urea groups is 1. The molecule has 6 heteroatoms. The Morgan fingerprint density at radius 2 is 1.81 bits per heavy atom. The molecular formula is C20H21N5O. The standard InChI is InChI=1S/C20H21N5O/c1-14-21-19-12-11-18(13-25(19)24-14)23-20(26)22-17-9-7-16(8-10-17)15-5-3-2-4-6-15/h2-10,18H,11-13H2,1H3,(H2,22,23,26). The first-order valence-electron chi connectivity index (χ1n) is 8.81. The Morgan fingerprint density at radius 1 is 1.08 bits per heavy atom. The first-order chi connectivity index (χ1) is 12.7. The summed E-state index contributed by atoms with van der Waals surface area (Å²) in [7, 11) is 0. The zero-order chi connectivity index (χ0) is 17.9. The molecule has 0 spiro atoms. The molecule has 1 unspecified atom stereocenters. The highest BCUT2D eigenvalue weighted by atomic mass is 16.2. The molecule has 0 fully saturated rings. The van der Waals surface area contributed by atoms with E-state index in [9.17, 15) is 4.79 Å². The third-order valence-electron chi connectivity index (χ3n) is 4.55. The molecule has 1 atom stereocenters. The second-order valence-electron chi connectivity index (χ2n) is 6.53. The number of amides is 2. The number of benzene rings is 2. The minimum absolute atomic E-state index is 0.0622. The van der Waals surface area contributed by atoms with Crippen LogP contribution in [0.15, 0.2) is 54.6 Å². The summed E-state index contributed by atoms with van der Waals surface area (Å²) in [6.07, 6.45) is 1.70. The summed E-state index contributed by atoms with van der Waals surface area (Å²) in [6, 6.07) is 17.9. The topological polar surface area (TPSA) is 71.8 Å². The summed E-state index contributed by atoms with van der Waals surface area (Å²) in [5, 5.41) is 10.3. The van der Waals surface area contributed by atoms with Gasteiger partial charge < -0.3 is 10.6 Å². The number of anilines is 1. The van der Waals surface area contributed by atoms with Crippen LogP contribution in [0.5, 0.6) is 0 Å². The minimum Gasteiger partial charge on any atom is -0.333 e. The average molecular weight is 347 g/mol. The van der Waals surface area contributed by atoms with Crippen molar-refractivity contribution < 1.29 is 4.79 Å². The molecule has 4 rings (SSSR count). The van der Waals surface area contributed by atoms with Crippen LogP contribution in [-0.2, 0) is 13.0 Å². The quantitative estimate of drug-likeness (QED) is 0.763. The number of nitrogens with one attached hydrogen (secondary N) is 2. The van der Waals surface area contributed by atoms with Crippen LogP contribution in [0, 0.1) is 6.92 Å². The maximum atomic E-state index is 12.3. The first kappa shape index (κ1) is 16.3. The second-order valence-corrected chi connectivity index (χ2v) is 6.53. The van der Waals surface area contributed by atoms with Gasteiger partial charge in [-0.2, -0.15) is 5.10 Å². The van der Waals surface area contributed by atoms with Crippen LogP contribution in [0.2, 0.25) is 0 Å². The molecule has 132 valence electrons. The van der Waals surface area contributed by atoms with Gasteiger partial charge in [-0.05, 0) is 36.6 Å². The van der Waals surface area contributed by atoms with Crippen LogP contribution >= 0.6 is 0 Å². The molecule has 2 amide bonds. The van der Waals surface area contributed by atoms with Crippen LogP contribution in [0.4, 0.5) is 10.5 Å². The summed E-state index contributed by atoms with van der Waals surface area (Å²) in [4.78, 5) is 16.7. The lowest BCUT2D eigenvalue weighted by Gasteiger charge is -2.23. The summed E-state index contributed by atoms with van der Waals surface area (Å²) in [6.45, 7) is 2.55. The van der Waals surface area contributed by atoms with E-state index in [-0.39, 0.29) is 12.1 Å². The van der Waals surface area contributed by atoms with Crippen LogP contribution < -0.4 is 10.6 Å². The number of aromatic nitrogens is 3. The molecule has 1 aromatic heterocycles. The number of aryl methyl sites for hydroxylation is 2. The van der Waals surface area contributed by atoms with Gasteiger partial charge in [0.2, 0.25) is 0 Å². The van der Waals surface area contributed by atoms with Crippen molar-refractivity contribution in [1.82, 2.24) is 20.1 Å². The minimum atomic E-state index is -0.192. The van der Waals surface area contributed by atoms with Crippen molar-refractivity contribution in [3.05, 3.63) is 66.2 Å². The zero-order valence-electron chi connectivity index (χ0n) is 14.6. The number of hydrogen-bond donors (Lipinski definition) is 2. The Hall–Kier alpha value is -3.15. The van der Waals surface area contributed by atoms with Crippen molar-refractivity contribution in [2.45, 2.75) is 32.4 Å². The monoisotopic (exact) mass is 347 g/mol. The average Bonchev–Trinajstić information content (AvgIpc) is 3.02. The van der Waals surface area contributed by atoms with Gasteiger partial charge in [-0.25, -0.2) is 14.5 Å². The highest BCUT2D eigenvalue weighted by Crippen LogP contribution is 2.21. The zero-order valence-corrected chi connectivity index (χ0v) is 14.6. The predicted molar refractivity (Wildman–Crippen MR) is 101 cm³/mol. The molecule has 3 aromatic rings. The van der Waals surface area contributed by atoms with E-state index in [4.69, 9.17) is 0 Å². The van der Waals surface area contributed by atoms with E-state index in [1.54, 1.807) is 0 Å². The van der Waals surface area contributed by atoms with Crippen molar-refractivity contribution in [3.63, 3.8) is 0 Å². The van der Waals surface area contributed by atoms with E-state index in [2.05, 4.69) is 32.8 Å². The van der Waals surface area contributed by atoms with Crippen molar-refractivity contribution in [2.75, 3.05) is 5.32 Å². The summed E-state index contributed by atoms with van der Waals surface area (Å²) < 4.78 is 1.89. The Kier molecular flexibility index (Phi) is 4.39. The fraction of sp³-hybridized carbons (Fsp3) is 0.250. The smallest absolute Gasteiger partial charge is 0.319 e. The molecular weight excluding hydrogens is 326 g/mol. The lowest BCUT2D eigenvalue weighted by atomic mass is 10.1. The molecule has 2 N–H and O–H groups in total. The van der Waals surface area contributed by atoms with Gasteiger partial charge in [0.25, 0.3) is 0 Å². The summed E-state index contributed by atoms with van der Waals surface area (Å²) >= 11 is 0. The van der Waals surface area contributed by atoms with E-state index >= 15 is 0 Å². The molecule has 0 saturated heterocycles. The highest BCUT2D eigenvalue weighted by molar-refractivity contribution is 5.89. The van der Waals surface area contributed by atoms with Crippen molar-refractivity contribution in [3.8, 4) is 11.1 Å². The van der Waals surface area contributed by atoms with Crippen LogP contribution in [0.1, 0.15) is 18.1 Å². The lowest BCUT2D eigenvalue weighted by molar-refractivity contribution is 0.243. The fourth-order valence-corrected chi connectivity index (χ4v) is 3.28. The van der Waals surface area contributed by atoms with Gasteiger partial charge in [-0.3, -0.25) is 0 Å². The highest BCUT2D eigenvalue weighted by Gasteiger charge is 2.22. The molecule has 0 saturated carbocycles. The summed E-state index contributed by atoms with van der Waals surface area (Å²) in [5.74, 6) is 1.78. The molecule has 0 bridgehead atoms. The van der Waals surface area contributed by atoms with Gasteiger partial charge in [0, 0.05) is 12.1 Å². The van der Waals surface area contributed by atoms with E-state index in [1.807, 2.05) is 54.1 Å². The van der Waals surface area contributed by atoms with E-state index in [0.717, 1.165) is 41.3 Å². The molecule has 2 heterocycles. The van der Waals surface area contributed by atoms with Crippen LogP contribution in [-0.4, -0.2) is 26.8 Å². The molecule has 0 radical (unpaired) electrons. The predicted octanol–water partition coefficient (Wildman–Crippen LogP) is 3.39. The van der Waals surface area contributed by atoms with Crippen LogP contribution in [0.25, 0.3) is 11.1 Å². The Labute approximate surface area is 152 Å². The fourth-order valence-electron chi connectivity index (χ4n) is 3.28. The van der Waals surface area contributed by atoms with Gasteiger partial charge in [-0.1, -0.05) is 42.5 Å². The largest absolute Gasteiger partial charge is 0.333 e. The number of rotatable bonds is 3. The molecule has 0 aliphatic carbocycles. The third-order valence-corrected chi connectivity index (χ3v) is 4.55. The molecule has 1 aliphatic heterocycles. The number of carbonyl (C=O) groups excluding carboxylic acids is 1. The van der Waals surface area contributed by atoms with Gasteiger partial charge >= 0.3 is 6.03 Å². The Balaban J connectivity index is 1.35. The van der Waals surface area contributed by atoms with E-state index in [0.29, 0.717) is 6.54 Å². The normalized spacial score (nSPS) is 16.0. The van der Waals surface area contributed by atoms with Crippen molar-refractivity contribution in [2.24, 2.45) is 0 Å². The molecule has 1 aliphatic rings. The van der Waals surface area contributed by atoms with Crippen molar-refractivity contribution in [1.29, 1.82) is 0 Å². The number of nitrogens with zero attached hydrogens (tertiary/aromatic N) is 3. The van der Waals surface area contributed by atoms with Gasteiger partial charge in [0.1, 0.15) is 11.6 Å². The number of fused-ring (bicyclic) bond motifs is 1. The van der Waals surface area contributed by atoms with Gasteiger partial charge in [-0.15, -0.1) is 0 Å². The Bertz CT molecular complexity index is 902. The Morgan fingerprint density at radius 3 is 2.58 bits per heavy atom. The van der Waals surface area contributed by atoms with E-state index < -0.39 is 0 Å². The third kappa shape index (κ3) is 3.59. The second kappa shape index (κ2) is 7.00. The van der Waals surface area contributed by atoms with Gasteiger partial charge in [0.05, 0.1) is 12.6 Å². The molecule has 6 nitrogen and oxygen atoms in total. The molecule has 26 heavy (non-hydrogen) atoms. The number of carbonyl (C=O) groups is 1. The molecule has 2 aromatic carbocycles.